The van der Waals surface area contributed by atoms with E-state index in [1.165, 1.54) is 4.90 Å². The number of nitrogens with one attached hydrogen (secondary N) is 1. The fraction of sp³-hybridized carbons (Fsp3) is 0.615. The number of aryl methyl sites for hydroxylation is 1. The van der Waals surface area contributed by atoms with Crippen molar-refractivity contribution in [3.63, 3.8) is 0 Å². The van der Waals surface area contributed by atoms with Crippen LogP contribution >= 0.6 is 0 Å². The molecule has 1 atom stereocenters. The minimum atomic E-state index is -0.426. The summed E-state index contributed by atoms with van der Waals surface area (Å²) in [5, 5.41) is 3.06. The Morgan fingerprint density at radius 1 is 1.47 bits per heavy atom. The Balaban J connectivity index is 1.58. The molecule has 1 aliphatic heterocycles. The Bertz CT molecular complexity index is 507. The van der Waals surface area contributed by atoms with Gasteiger partial charge in [-0.25, -0.2) is 4.98 Å². The molecule has 2 aliphatic rings. The summed E-state index contributed by atoms with van der Waals surface area (Å²) in [5.41, 5.74) is 0. The minimum absolute atomic E-state index is 0.0633. The van der Waals surface area contributed by atoms with Crippen molar-refractivity contribution < 1.29 is 14.0 Å². The Labute approximate surface area is 111 Å². The van der Waals surface area contributed by atoms with Crippen LogP contribution < -0.4 is 5.32 Å². The fourth-order valence-corrected chi connectivity index (χ4v) is 2.33. The van der Waals surface area contributed by atoms with E-state index in [1.807, 2.05) is 6.92 Å². The second-order valence-corrected chi connectivity index (χ2v) is 5.04. The molecular formula is C13H17N3O3. The van der Waals surface area contributed by atoms with Crippen LogP contribution in [0.25, 0.3) is 0 Å². The summed E-state index contributed by atoms with van der Waals surface area (Å²) >= 11 is 0. The van der Waals surface area contributed by atoms with Crippen molar-refractivity contribution in [3.8, 4) is 0 Å². The quantitative estimate of drug-likeness (QED) is 0.788. The molecule has 2 heterocycles. The average molecular weight is 263 g/mol. The number of rotatable bonds is 5. The van der Waals surface area contributed by atoms with Gasteiger partial charge < -0.3 is 4.42 Å². The summed E-state index contributed by atoms with van der Waals surface area (Å²) in [6.07, 6.45) is 4.63. The molecule has 2 amide bonds. The highest BCUT2D eigenvalue weighted by Crippen LogP contribution is 2.31. The van der Waals surface area contributed by atoms with Gasteiger partial charge in [-0.05, 0) is 12.8 Å². The van der Waals surface area contributed by atoms with Gasteiger partial charge >= 0.3 is 0 Å². The van der Waals surface area contributed by atoms with Crippen LogP contribution in [0.15, 0.2) is 10.6 Å². The molecule has 0 radical (unpaired) electrons. The molecule has 1 aromatic heterocycles. The fourth-order valence-electron chi connectivity index (χ4n) is 2.33. The minimum Gasteiger partial charge on any atom is -0.444 e. The van der Waals surface area contributed by atoms with Crippen LogP contribution in [0.1, 0.15) is 37.8 Å². The second kappa shape index (κ2) is 4.77. The zero-order valence-corrected chi connectivity index (χ0v) is 10.9. The first kappa shape index (κ1) is 12.3. The van der Waals surface area contributed by atoms with E-state index in [4.69, 9.17) is 4.42 Å². The molecular weight excluding hydrogens is 246 g/mol. The molecule has 1 saturated heterocycles. The Morgan fingerprint density at radius 3 is 2.89 bits per heavy atom. The van der Waals surface area contributed by atoms with Crippen LogP contribution in [0, 0.1) is 0 Å². The highest BCUT2D eigenvalue weighted by molar-refractivity contribution is 6.06. The standard InChI is InChI=1S/C13H17N3O3/c1-2-9-6-15-11(19-9)7-14-10-5-12(17)16(13(10)18)8-3-4-8/h6,8,10,14H,2-5,7H2,1H3. The van der Waals surface area contributed by atoms with Crippen LogP contribution in [0.4, 0.5) is 0 Å². The number of amides is 2. The van der Waals surface area contributed by atoms with Gasteiger partial charge in [-0.15, -0.1) is 0 Å². The molecule has 6 heteroatoms. The second-order valence-electron chi connectivity index (χ2n) is 5.04. The summed E-state index contributed by atoms with van der Waals surface area (Å²) in [7, 11) is 0. The average Bonchev–Trinajstić information content (AvgIpc) is 3.04. The molecule has 1 unspecified atom stereocenters. The molecule has 3 rings (SSSR count). The van der Waals surface area contributed by atoms with Crippen molar-refractivity contribution in [1.29, 1.82) is 0 Å². The Hall–Kier alpha value is -1.69. The lowest BCUT2D eigenvalue weighted by atomic mass is 10.2. The third-order valence-electron chi connectivity index (χ3n) is 3.54. The van der Waals surface area contributed by atoms with Gasteiger partial charge in [0.15, 0.2) is 0 Å². The van der Waals surface area contributed by atoms with Crippen molar-refractivity contribution >= 4 is 11.8 Å². The van der Waals surface area contributed by atoms with Crippen LogP contribution in [-0.2, 0) is 22.6 Å². The normalized spacial score (nSPS) is 23.4. The molecule has 0 bridgehead atoms. The molecule has 102 valence electrons. The first-order chi connectivity index (χ1) is 9.19. The number of oxazole rings is 1. The van der Waals surface area contributed by atoms with Crippen LogP contribution in [0.3, 0.4) is 0 Å². The SMILES string of the molecule is CCc1cnc(CNC2CC(=O)N(C3CC3)C2=O)o1. The topological polar surface area (TPSA) is 75.4 Å². The van der Waals surface area contributed by atoms with Crippen LogP contribution in [-0.4, -0.2) is 33.8 Å². The van der Waals surface area contributed by atoms with Crippen molar-refractivity contribution in [2.45, 2.75) is 51.2 Å². The number of carbonyl (C=O) groups excluding carboxylic acids is 2. The van der Waals surface area contributed by atoms with Gasteiger partial charge in [0.25, 0.3) is 0 Å². The number of carbonyl (C=O) groups is 2. The Morgan fingerprint density at radius 2 is 2.26 bits per heavy atom. The zero-order valence-electron chi connectivity index (χ0n) is 10.9. The molecule has 0 spiro atoms. The summed E-state index contributed by atoms with van der Waals surface area (Å²) in [6.45, 7) is 2.37. The maximum atomic E-state index is 12.1. The van der Waals surface area contributed by atoms with Gasteiger partial charge in [0.05, 0.1) is 25.2 Å². The molecule has 0 aromatic carbocycles. The monoisotopic (exact) mass is 263 g/mol. The lowest BCUT2D eigenvalue weighted by Gasteiger charge is -2.13. The van der Waals surface area contributed by atoms with E-state index < -0.39 is 6.04 Å². The zero-order chi connectivity index (χ0) is 13.4. The first-order valence-corrected chi connectivity index (χ1v) is 6.72. The van der Waals surface area contributed by atoms with Crippen molar-refractivity contribution in [2.75, 3.05) is 0 Å². The number of likely N-dealkylation sites (tertiary alicyclic amines) is 1. The highest BCUT2D eigenvalue weighted by Gasteiger charge is 2.45. The molecule has 1 N–H and O–H groups in total. The highest BCUT2D eigenvalue weighted by atomic mass is 16.4. The van der Waals surface area contributed by atoms with E-state index in [0.29, 0.717) is 12.4 Å². The first-order valence-electron chi connectivity index (χ1n) is 6.72. The van der Waals surface area contributed by atoms with Gasteiger partial charge in [-0.1, -0.05) is 6.92 Å². The summed E-state index contributed by atoms with van der Waals surface area (Å²) in [4.78, 5) is 29.4. The molecule has 6 nitrogen and oxygen atoms in total. The van der Waals surface area contributed by atoms with Gasteiger partial charge in [0, 0.05) is 12.5 Å². The maximum Gasteiger partial charge on any atom is 0.247 e. The van der Waals surface area contributed by atoms with E-state index in [1.54, 1.807) is 6.20 Å². The van der Waals surface area contributed by atoms with Crippen molar-refractivity contribution in [1.82, 2.24) is 15.2 Å². The van der Waals surface area contributed by atoms with Gasteiger partial charge in [-0.3, -0.25) is 19.8 Å². The number of hydrogen-bond acceptors (Lipinski definition) is 5. The lowest BCUT2D eigenvalue weighted by Crippen LogP contribution is -2.39. The van der Waals surface area contributed by atoms with E-state index in [9.17, 15) is 9.59 Å². The predicted octanol–water partition coefficient (Wildman–Crippen LogP) is 0.616. The lowest BCUT2D eigenvalue weighted by molar-refractivity contribution is -0.139. The van der Waals surface area contributed by atoms with Gasteiger partial charge in [0.1, 0.15) is 5.76 Å². The molecule has 19 heavy (non-hydrogen) atoms. The van der Waals surface area contributed by atoms with E-state index in [2.05, 4.69) is 10.3 Å². The van der Waals surface area contributed by atoms with E-state index >= 15 is 0 Å². The summed E-state index contributed by atoms with van der Waals surface area (Å²) in [6, 6.07) is -0.273. The number of imide groups is 1. The van der Waals surface area contributed by atoms with E-state index in [0.717, 1.165) is 25.0 Å². The van der Waals surface area contributed by atoms with Gasteiger partial charge in [-0.2, -0.15) is 0 Å². The van der Waals surface area contributed by atoms with Crippen molar-refractivity contribution in [2.24, 2.45) is 0 Å². The van der Waals surface area contributed by atoms with E-state index in [-0.39, 0.29) is 24.3 Å². The summed E-state index contributed by atoms with van der Waals surface area (Å²) < 4.78 is 5.46. The van der Waals surface area contributed by atoms with Gasteiger partial charge in [0.2, 0.25) is 17.7 Å². The Kier molecular flexibility index (Phi) is 3.10. The number of nitrogens with zero attached hydrogens (tertiary/aromatic N) is 2. The smallest absolute Gasteiger partial charge is 0.247 e. The maximum absolute atomic E-state index is 12.1. The third kappa shape index (κ3) is 2.40. The summed E-state index contributed by atoms with van der Waals surface area (Å²) in [5.74, 6) is 1.22. The molecule has 2 fully saturated rings. The molecule has 1 aliphatic carbocycles. The molecule has 1 saturated carbocycles. The third-order valence-corrected chi connectivity index (χ3v) is 3.54. The predicted molar refractivity (Wildman–Crippen MR) is 66.0 cm³/mol. The largest absolute Gasteiger partial charge is 0.444 e. The van der Waals surface area contributed by atoms with Crippen molar-refractivity contribution in [3.05, 3.63) is 17.8 Å². The molecule has 1 aromatic rings. The number of hydrogen-bond donors (Lipinski definition) is 1. The number of aromatic nitrogens is 1. The van der Waals surface area contributed by atoms with Crippen LogP contribution in [0.5, 0.6) is 0 Å². The van der Waals surface area contributed by atoms with Crippen LogP contribution in [0.2, 0.25) is 0 Å².